The molecule has 0 spiro atoms. The first-order valence-corrected chi connectivity index (χ1v) is 25.1. The molecule has 0 aliphatic rings. The second-order valence-electron chi connectivity index (χ2n) is 14.3. The Labute approximate surface area is 407 Å². The summed E-state index contributed by atoms with van der Waals surface area (Å²) in [4.78, 5) is 19.7. The molecule has 0 aliphatic carbocycles. The zero-order valence-electron chi connectivity index (χ0n) is 36.4. The fraction of sp³-hybridized carbons (Fsp3) is 0. The van der Waals surface area contributed by atoms with Gasteiger partial charge >= 0.3 is 24.2 Å². The van der Waals surface area contributed by atoms with Crippen LogP contribution in [0.5, 0.6) is 97.7 Å². The van der Waals surface area contributed by atoms with Gasteiger partial charge in [-0.25, -0.2) is 0 Å². The Kier molecular flexibility index (Phi) is 14.4. The van der Waals surface area contributed by atoms with Crippen LogP contribution in [0.25, 0.3) is 0 Å². The first-order chi connectivity index (χ1) is 34.6. The van der Waals surface area contributed by atoms with Crippen LogP contribution in [0.2, 0.25) is 0 Å². The average molecular weight is 1030 g/mol. The first-order valence-electron chi connectivity index (χ1n) is 20.8. The van der Waals surface area contributed by atoms with Crippen molar-refractivity contribution in [2.45, 2.75) is 0 Å². The van der Waals surface area contributed by atoms with E-state index in [1.165, 1.54) is 97.1 Å². The molecule has 3 atom stereocenters. The second-order valence-corrected chi connectivity index (χ2v) is 20.4. The van der Waals surface area contributed by atoms with Crippen molar-refractivity contribution in [2.75, 3.05) is 0 Å². The van der Waals surface area contributed by atoms with Crippen LogP contribution in [-0.4, -0.2) is 53.0 Å². The molecule has 0 saturated heterocycles. The third-order valence-electron chi connectivity index (χ3n) is 9.44. The van der Waals surface area contributed by atoms with Gasteiger partial charge in [0.2, 0.25) is 5.75 Å². The number of aromatic hydroxyl groups is 7. The van der Waals surface area contributed by atoms with Crippen LogP contribution in [0.15, 0.2) is 188 Å². The molecule has 360 valence electrons. The van der Waals surface area contributed by atoms with Gasteiger partial charge in [-0.3, -0.25) is 0 Å². The van der Waals surface area contributed by atoms with Crippen molar-refractivity contribution in [1.82, 2.24) is 17.3 Å². The van der Waals surface area contributed by atoms with Gasteiger partial charge in [0.25, 0.3) is 0 Å². The molecule has 0 amide bonds. The minimum atomic E-state index is -2.97. The van der Waals surface area contributed by atoms with E-state index in [2.05, 4.69) is 0 Å². The Balaban J connectivity index is 1.40. The highest BCUT2D eigenvalue weighted by molar-refractivity contribution is 7.57. The number of ether oxygens (including phenoxy) is 2. The van der Waals surface area contributed by atoms with E-state index in [0.717, 1.165) is 12.8 Å². The van der Waals surface area contributed by atoms with Crippen LogP contribution >= 0.6 is 32.7 Å². The summed E-state index contributed by atoms with van der Waals surface area (Å²) in [5.74, 6) is -2.91. The van der Waals surface area contributed by atoms with E-state index in [1.807, 2.05) is 0 Å². The molecule has 1 heterocycles. The molecule has 19 nitrogen and oxygen atoms in total. The van der Waals surface area contributed by atoms with E-state index >= 15 is 0 Å². The van der Waals surface area contributed by atoms with Crippen LogP contribution in [0.1, 0.15) is 0 Å². The van der Waals surface area contributed by atoms with Crippen molar-refractivity contribution in [3.8, 4) is 97.7 Å². The lowest BCUT2D eigenvalue weighted by atomic mass is 10.2. The minimum absolute atomic E-state index is 0.00126. The fourth-order valence-corrected chi connectivity index (χ4v) is 13.3. The number of hydrogen-bond donors (Lipinski definition) is 7. The van der Waals surface area contributed by atoms with Gasteiger partial charge in [-0.15, -0.1) is 4.51 Å². The Morgan fingerprint density at radius 2 is 0.676 bits per heavy atom. The fourth-order valence-electron chi connectivity index (χ4n) is 6.05. The standard InChI is InChI=1S/C48H38N4O15P4/c53-32-16-1-8-23-39(32)60-46-30-15-31-47(48(46)61-40-24-9-2-17-33(40)54)65-69-49-68-50(62-41-25-10-3-18-34(41)55)70(66-44-28-13-6-21-37(44)58)52(64-43-27-12-5-20-36(43)57)71(67-45-29-14-7-22-38(45)59)51(69)63-42-26-11-4-19-35(42)56/h1-31,53-59H. The number of para-hydroxylation sites is 15. The largest absolute Gasteiger partial charge is 0.504 e. The third kappa shape index (κ3) is 11.1. The van der Waals surface area contributed by atoms with Gasteiger partial charge in [-0.1, -0.05) is 95.3 Å². The maximum Gasteiger partial charge on any atom is 0.322 e. The second kappa shape index (κ2) is 21.6. The van der Waals surface area contributed by atoms with Crippen molar-refractivity contribution in [3.63, 3.8) is 0 Å². The van der Waals surface area contributed by atoms with Gasteiger partial charge in [0.05, 0.1) is 0 Å². The van der Waals surface area contributed by atoms with E-state index in [-0.39, 0.29) is 106 Å². The van der Waals surface area contributed by atoms with Crippen molar-refractivity contribution in [1.29, 1.82) is 0 Å². The average Bonchev–Trinajstić information content (AvgIpc) is 3.37. The highest BCUT2D eigenvalue weighted by atomic mass is 31.2. The molecule has 0 aliphatic heterocycles. The van der Waals surface area contributed by atoms with Gasteiger partial charge in [-0.2, -0.15) is 0 Å². The van der Waals surface area contributed by atoms with Crippen molar-refractivity contribution in [2.24, 2.45) is 0 Å². The molecule has 1 aromatic heterocycles. The summed E-state index contributed by atoms with van der Waals surface area (Å²) in [7, 11) is -8.72. The number of phenols is 7. The SMILES string of the molecule is Oc1ccccc1Oc1cccc(Op2npn(Oc3ccccc3O)p(Oc3ccccc3O)n(Oc3ccccc3O)p(Oc3ccccc3O)n2Oc2ccccc2O)c1Oc1ccccc1O. The summed E-state index contributed by atoms with van der Waals surface area (Å²) < 4.78 is 41.2. The Bertz CT molecular complexity index is 3430. The summed E-state index contributed by atoms with van der Waals surface area (Å²) in [5.41, 5.74) is 0. The molecule has 0 fully saturated rings. The molecular formula is C48H38N4O15P4. The molecule has 0 radical (unpaired) electrons. The molecule has 71 heavy (non-hydrogen) atoms. The molecule has 23 heteroatoms. The monoisotopic (exact) mass is 1030 g/mol. The van der Waals surface area contributed by atoms with E-state index in [0.29, 0.717) is 0 Å². The Morgan fingerprint density at radius 3 is 1.14 bits per heavy atom. The molecule has 3 unspecified atom stereocenters. The van der Waals surface area contributed by atoms with E-state index in [4.69, 9.17) is 42.1 Å². The van der Waals surface area contributed by atoms with Crippen LogP contribution < -0.4 is 37.6 Å². The number of phenolic OH excluding ortho intramolecular Hbond substituents is 7. The maximum absolute atomic E-state index is 11.3. The predicted octanol–water partition coefficient (Wildman–Crippen LogP) is 12.9. The van der Waals surface area contributed by atoms with Crippen molar-refractivity contribution >= 4 is 32.7 Å². The van der Waals surface area contributed by atoms with Crippen LogP contribution in [0, 0.1) is 0 Å². The summed E-state index contributed by atoms with van der Waals surface area (Å²) in [6.07, 6.45) is 0. The van der Waals surface area contributed by atoms with Crippen LogP contribution in [0.4, 0.5) is 0 Å². The van der Waals surface area contributed by atoms with Gasteiger partial charge < -0.3 is 73.3 Å². The normalized spacial score (nSPS) is 11.5. The molecule has 0 bridgehead atoms. The molecule has 9 aromatic rings. The third-order valence-corrected chi connectivity index (χ3v) is 16.1. The number of nitrogens with zero attached hydrogens (tertiary/aromatic N) is 4. The van der Waals surface area contributed by atoms with E-state index < -0.39 is 24.2 Å². The topological polar surface area (TPSA) is 243 Å². The Morgan fingerprint density at radius 1 is 0.324 bits per heavy atom. The molecule has 0 saturated carbocycles. The number of hydrogen-bond acceptors (Lipinski definition) is 16. The maximum atomic E-state index is 11.3. The zero-order chi connectivity index (χ0) is 49.3. The van der Waals surface area contributed by atoms with Crippen LogP contribution in [0.3, 0.4) is 0 Å². The van der Waals surface area contributed by atoms with Crippen molar-refractivity contribution in [3.05, 3.63) is 188 Å². The smallest absolute Gasteiger partial charge is 0.322 e. The number of rotatable bonds is 16. The quantitative estimate of drug-likeness (QED) is 0.0476. The molecule has 9 rings (SSSR count). The molecular weight excluding hydrogens is 996 g/mol. The van der Waals surface area contributed by atoms with E-state index in [9.17, 15) is 35.7 Å². The lowest BCUT2D eigenvalue weighted by molar-refractivity contribution is 0.209. The van der Waals surface area contributed by atoms with Crippen LogP contribution in [-0.2, 0) is 0 Å². The van der Waals surface area contributed by atoms with Gasteiger partial charge in [0.15, 0.2) is 101 Å². The highest BCUT2D eigenvalue weighted by Gasteiger charge is 2.29. The summed E-state index contributed by atoms with van der Waals surface area (Å²) in [6, 6.07) is 47.0. The Hall–Kier alpha value is -8.84. The minimum Gasteiger partial charge on any atom is -0.504 e. The molecule has 7 N–H and O–H groups in total. The lowest BCUT2D eigenvalue weighted by Gasteiger charge is -2.24. The zero-order valence-corrected chi connectivity index (χ0v) is 39.9. The van der Waals surface area contributed by atoms with Gasteiger partial charge in [-0.05, 0) is 106 Å². The van der Waals surface area contributed by atoms with Crippen molar-refractivity contribution < 1.29 is 73.3 Å². The first kappa shape index (κ1) is 47.2. The summed E-state index contributed by atoms with van der Waals surface area (Å²) >= 11 is 0. The van der Waals surface area contributed by atoms with E-state index in [1.54, 1.807) is 91.0 Å². The van der Waals surface area contributed by atoms with Gasteiger partial charge in [0, 0.05) is 0 Å². The lowest BCUT2D eigenvalue weighted by Crippen LogP contribution is -2.17. The number of benzene rings is 8. The highest BCUT2D eigenvalue weighted by Crippen LogP contribution is 2.52. The summed E-state index contributed by atoms with van der Waals surface area (Å²) in [5, 5.41) is 77.9. The van der Waals surface area contributed by atoms with Gasteiger partial charge in [0.1, 0.15) is 0 Å². The predicted molar refractivity (Wildman–Crippen MR) is 264 cm³/mol. The molecule has 8 aromatic carbocycles. The summed E-state index contributed by atoms with van der Waals surface area (Å²) in [6.45, 7) is 0. The number of aromatic nitrogens is 4.